The fourth-order valence-electron chi connectivity index (χ4n) is 3.78. The van der Waals surface area contributed by atoms with Crippen LogP contribution in [0, 0.1) is 0 Å². The Kier molecular flexibility index (Phi) is 7.74. The number of amides is 1. The van der Waals surface area contributed by atoms with E-state index in [-0.39, 0.29) is 17.4 Å². The Hall–Kier alpha value is -2.64. The molecule has 1 amide bonds. The summed E-state index contributed by atoms with van der Waals surface area (Å²) in [5.41, 5.74) is 1.35. The molecule has 7 heteroatoms. The van der Waals surface area contributed by atoms with Crippen LogP contribution in [0.25, 0.3) is 5.76 Å². The van der Waals surface area contributed by atoms with Crippen molar-refractivity contribution in [2.45, 2.75) is 32.4 Å². The zero-order chi connectivity index (χ0) is 23.4. The second kappa shape index (κ2) is 10.3. The quantitative estimate of drug-likeness (QED) is 0.325. The van der Waals surface area contributed by atoms with Gasteiger partial charge < -0.3 is 19.6 Å². The summed E-state index contributed by atoms with van der Waals surface area (Å²) < 4.78 is 6.55. The first-order chi connectivity index (χ1) is 15.2. The number of hydrogen-bond acceptors (Lipinski definition) is 5. The summed E-state index contributed by atoms with van der Waals surface area (Å²) in [7, 11) is 3.93. The van der Waals surface area contributed by atoms with E-state index in [1.165, 1.54) is 0 Å². The Morgan fingerprint density at radius 3 is 2.28 bits per heavy atom. The fraction of sp³-hybridized carbons (Fsp3) is 0.360. The van der Waals surface area contributed by atoms with Crippen LogP contribution in [0.5, 0.6) is 5.75 Å². The number of aliphatic hydroxyl groups excluding tert-OH is 1. The molecule has 0 bridgehead atoms. The van der Waals surface area contributed by atoms with Crippen LogP contribution < -0.4 is 4.74 Å². The third-order valence-electron chi connectivity index (χ3n) is 5.23. The topological polar surface area (TPSA) is 70.1 Å². The molecule has 0 aliphatic carbocycles. The van der Waals surface area contributed by atoms with Crippen molar-refractivity contribution in [1.29, 1.82) is 0 Å². The van der Waals surface area contributed by atoms with Gasteiger partial charge in [0.15, 0.2) is 0 Å². The molecule has 1 N–H and O–H groups in total. The van der Waals surface area contributed by atoms with E-state index in [1.54, 1.807) is 29.2 Å². The molecule has 1 aliphatic rings. The molecule has 1 saturated heterocycles. The van der Waals surface area contributed by atoms with E-state index in [0.717, 1.165) is 16.6 Å². The van der Waals surface area contributed by atoms with Gasteiger partial charge in [0.1, 0.15) is 11.5 Å². The van der Waals surface area contributed by atoms with Gasteiger partial charge in [0.25, 0.3) is 11.7 Å². The Labute approximate surface area is 197 Å². The van der Waals surface area contributed by atoms with Crippen LogP contribution in [0.4, 0.5) is 0 Å². The highest BCUT2D eigenvalue weighted by atomic mass is 79.9. The van der Waals surface area contributed by atoms with Crippen LogP contribution in [0.2, 0.25) is 0 Å². The largest absolute Gasteiger partial charge is 0.507 e. The number of carbonyl (C=O) groups excluding carboxylic acids is 2. The lowest BCUT2D eigenvalue weighted by Crippen LogP contribution is -2.32. The van der Waals surface area contributed by atoms with Crippen LogP contribution in [-0.2, 0) is 9.59 Å². The lowest BCUT2D eigenvalue weighted by Gasteiger charge is -2.26. The number of rotatable bonds is 8. The molecule has 1 unspecified atom stereocenters. The Balaban J connectivity index is 2.03. The van der Waals surface area contributed by atoms with Crippen molar-refractivity contribution in [1.82, 2.24) is 9.80 Å². The van der Waals surface area contributed by atoms with Crippen molar-refractivity contribution in [3.8, 4) is 5.75 Å². The molecular weight excluding hydrogens is 472 g/mol. The van der Waals surface area contributed by atoms with Gasteiger partial charge in [0, 0.05) is 16.6 Å². The summed E-state index contributed by atoms with van der Waals surface area (Å²) in [6.45, 7) is 5.07. The highest BCUT2D eigenvalue weighted by Crippen LogP contribution is 2.40. The molecule has 3 rings (SSSR count). The van der Waals surface area contributed by atoms with Crippen molar-refractivity contribution >= 4 is 33.4 Å². The zero-order valence-corrected chi connectivity index (χ0v) is 20.4. The van der Waals surface area contributed by atoms with Gasteiger partial charge in [0.05, 0.1) is 17.7 Å². The maximum absolute atomic E-state index is 13.0. The van der Waals surface area contributed by atoms with Gasteiger partial charge in [-0.1, -0.05) is 28.1 Å². The van der Waals surface area contributed by atoms with Crippen LogP contribution in [-0.4, -0.2) is 59.9 Å². The number of ketones is 1. The molecule has 6 nitrogen and oxygen atoms in total. The normalized spacial score (nSPS) is 18.1. The number of hydrogen-bond donors (Lipinski definition) is 1. The number of Topliss-reactive ketones (excluding diaryl/α,β-unsaturated/α-hetero) is 1. The summed E-state index contributed by atoms with van der Waals surface area (Å²) in [6.07, 6.45) is 0.744. The number of nitrogens with zero attached hydrogens (tertiary/aromatic N) is 2. The summed E-state index contributed by atoms with van der Waals surface area (Å²) in [4.78, 5) is 29.6. The van der Waals surface area contributed by atoms with Gasteiger partial charge in [-0.15, -0.1) is 0 Å². The number of carbonyl (C=O) groups is 2. The molecule has 1 heterocycles. The first kappa shape index (κ1) is 24.0. The first-order valence-electron chi connectivity index (χ1n) is 10.6. The summed E-state index contributed by atoms with van der Waals surface area (Å²) >= 11 is 3.43. The molecule has 0 saturated carbocycles. The lowest BCUT2D eigenvalue weighted by molar-refractivity contribution is -0.139. The smallest absolute Gasteiger partial charge is 0.295 e. The highest BCUT2D eigenvalue weighted by Gasteiger charge is 2.45. The van der Waals surface area contributed by atoms with Crippen molar-refractivity contribution in [3.05, 3.63) is 69.7 Å². The van der Waals surface area contributed by atoms with E-state index in [0.29, 0.717) is 24.3 Å². The second-order valence-corrected chi connectivity index (χ2v) is 9.31. The summed E-state index contributed by atoms with van der Waals surface area (Å²) in [5.74, 6) is -0.756. The Morgan fingerprint density at radius 2 is 1.72 bits per heavy atom. The number of likely N-dealkylation sites (tertiary alicyclic amines) is 1. The van der Waals surface area contributed by atoms with E-state index in [4.69, 9.17) is 4.74 Å². The van der Waals surface area contributed by atoms with Crippen LogP contribution >= 0.6 is 15.9 Å². The fourth-order valence-corrected chi connectivity index (χ4v) is 4.04. The Bertz CT molecular complexity index is 998. The van der Waals surface area contributed by atoms with E-state index in [1.807, 2.05) is 57.1 Å². The number of halogens is 1. The minimum Gasteiger partial charge on any atom is -0.507 e. The van der Waals surface area contributed by atoms with Crippen molar-refractivity contribution in [2.75, 3.05) is 27.2 Å². The van der Waals surface area contributed by atoms with Crippen molar-refractivity contribution in [2.24, 2.45) is 0 Å². The van der Waals surface area contributed by atoms with E-state index in [9.17, 15) is 14.7 Å². The van der Waals surface area contributed by atoms with Crippen molar-refractivity contribution < 1.29 is 19.4 Å². The SMILES string of the molecule is CC(C)Oc1ccc(/C(O)=C2/C(=O)C(=O)N(CCCN(C)C)C2c2ccc(Br)cc2)cc1. The van der Waals surface area contributed by atoms with Crippen molar-refractivity contribution in [3.63, 3.8) is 0 Å². The van der Waals surface area contributed by atoms with E-state index < -0.39 is 17.7 Å². The van der Waals surface area contributed by atoms with Gasteiger partial charge >= 0.3 is 0 Å². The molecule has 32 heavy (non-hydrogen) atoms. The minimum atomic E-state index is -0.664. The highest BCUT2D eigenvalue weighted by molar-refractivity contribution is 9.10. The maximum Gasteiger partial charge on any atom is 0.295 e. The maximum atomic E-state index is 13.0. The van der Waals surface area contributed by atoms with E-state index in [2.05, 4.69) is 15.9 Å². The van der Waals surface area contributed by atoms with Gasteiger partial charge in [0.2, 0.25) is 0 Å². The second-order valence-electron chi connectivity index (χ2n) is 8.39. The number of aliphatic hydroxyl groups is 1. The molecule has 1 atom stereocenters. The first-order valence-corrected chi connectivity index (χ1v) is 11.4. The predicted octanol–water partition coefficient (Wildman–Crippen LogP) is 4.61. The molecule has 1 aliphatic heterocycles. The molecule has 0 radical (unpaired) electrons. The third-order valence-corrected chi connectivity index (χ3v) is 5.76. The van der Waals surface area contributed by atoms with Gasteiger partial charge in [-0.3, -0.25) is 9.59 Å². The molecule has 170 valence electrons. The lowest BCUT2D eigenvalue weighted by atomic mass is 9.95. The molecule has 2 aromatic carbocycles. The monoisotopic (exact) mass is 500 g/mol. The molecule has 0 aromatic heterocycles. The number of benzene rings is 2. The summed E-state index contributed by atoms with van der Waals surface area (Å²) in [6, 6.07) is 13.7. The third kappa shape index (κ3) is 5.40. The van der Waals surface area contributed by atoms with Crippen LogP contribution in [0.3, 0.4) is 0 Å². The van der Waals surface area contributed by atoms with Crippen LogP contribution in [0.15, 0.2) is 58.6 Å². The summed E-state index contributed by atoms with van der Waals surface area (Å²) in [5, 5.41) is 11.1. The molecule has 2 aromatic rings. The van der Waals surface area contributed by atoms with Gasteiger partial charge in [-0.2, -0.15) is 0 Å². The standard InChI is InChI=1S/C25H29BrN2O4/c1-16(2)32-20-12-8-18(9-13-20)23(29)21-22(17-6-10-19(26)11-7-17)28(25(31)24(21)30)15-5-14-27(3)4/h6-13,16,22,29H,5,14-15H2,1-4H3/b23-21-. The molecular formula is C25H29BrN2O4. The van der Waals surface area contributed by atoms with E-state index >= 15 is 0 Å². The minimum absolute atomic E-state index is 0.0272. The van der Waals surface area contributed by atoms with Crippen LogP contribution in [0.1, 0.15) is 37.4 Å². The average molecular weight is 501 g/mol. The molecule has 1 fully saturated rings. The molecule has 0 spiro atoms. The average Bonchev–Trinajstić information content (AvgIpc) is 2.99. The van der Waals surface area contributed by atoms with Gasteiger partial charge in [-0.25, -0.2) is 0 Å². The number of ether oxygens (including phenoxy) is 1. The van der Waals surface area contributed by atoms with Gasteiger partial charge in [-0.05, 0) is 82.9 Å². The predicted molar refractivity (Wildman–Crippen MR) is 129 cm³/mol. The zero-order valence-electron chi connectivity index (χ0n) is 18.8. The Morgan fingerprint density at radius 1 is 1.09 bits per heavy atom.